The summed E-state index contributed by atoms with van der Waals surface area (Å²) in [4.78, 5) is 17.0. The zero-order valence-electron chi connectivity index (χ0n) is 13.0. The molecule has 2 rings (SSSR count). The number of rotatable bonds is 5. The smallest absolute Gasteiger partial charge is 0.289 e. The van der Waals surface area contributed by atoms with E-state index in [0.29, 0.717) is 10.7 Å². The highest BCUT2D eigenvalue weighted by Gasteiger charge is 2.20. The second-order valence-electron chi connectivity index (χ2n) is 5.27. The molecule has 23 heavy (non-hydrogen) atoms. The zero-order chi connectivity index (χ0) is 16.8. The van der Waals surface area contributed by atoms with Crippen molar-refractivity contribution in [3.63, 3.8) is 0 Å². The number of halogens is 1. The number of hydrogen-bond donors (Lipinski definition) is 2. The highest BCUT2D eigenvalue weighted by Crippen LogP contribution is 2.32. The molecule has 122 valence electrons. The number of nitrogen functional groups attached to an aromatic ring is 1. The Morgan fingerprint density at radius 3 is 3.04 bits per heavy atom. The molecule has 1 atom stereocenters. The second kappa shape index (κ2) is 7.83. The third kappa shape index (κ3) is 4.36. The van der Waals surface area contributed by atoms with Crippen molar-refractivity contribution in [1.82, 2.24) is 5.32 Å². The van der Waals surface area contributed by atoms with Gasteiger partial charge in [0.05, 0.1) is 0 Å². The van der Waals surface area contributed by atoms with Crippen LogP contribution in [0.5, 0.6) is 0 Å². The lowest BCUT2D eigenvalue weighted by atomic mass is 9.90. The lowest BCUT2D eigenvalue weighted by molar-refractivity contribution is -0.121. The Morgan fingerprint density at radius 2 is 2.35 bits per heavy atom. The largest absolute Gasteiger partial charge is 0.398 e. The van der Waals surface area contributed by atoms with Crippen LogP contribution in [0.4, 0.5) is 5.69 Å². The van der Waals surface area contributed by atoms with Crippen LogP contribution in [0.25, 0.3) is 5.57 Å². The number of allylic oxidation sites excluding steroid dienone is 2. The lowest BCUT2D eigenvalue weighted by Gasteiger charge is -2.23. The third-order valence-corrected chi connectivity index (χ3v) is 3.93. The maximum absolute atomic E-state index is 12.1. The second-order valence-corrected chi connectivity index (χ2v) is 5.71. The first-order valence-corrected chi connectivity index (χ1v) is 7.79. The van der Waals surface area contributed by atoms with Crippen molar-refractivity contribution in [1.29, 1.82) is 0 Å². The molecule has 0 heterocycles. The van der Waals surface area contributed by atoms with Crippen LogP contribution in [-0.2, 0) is 9.63 Å². The third-order valence-electron chi connectivity index (χ3n) is 3.69. The Kier molecular flexibility index (Phi) is 5.82. The highest BCUT2D eigenvalue weighted by atomic mass is 35.5. The molecule has 3 N–H and O–H groups in total. The summed E-state index contributed by atoms with van der Waals surface area (Å²) < 4.78 is 0. The first-order chi connectivity index (χ1) is 11.0. The van der Waals surface area contributed by atoms with Gasteiger partial charge in [0.1, 0.15) is 0 Å². The Hall–Kier alpha value is -2.27. The van der Waals surface area contributed by atoms with Crippen molar-refractivity contribution in [2.24, 2.45) is 5.16 Å². The summed E-state index contributed by atoms with van der Waals surface area (Å²) in [5.74, 6) is -0.191. The average molecular weight is 334 g/mol. The van der Waals surface area contributed by atoms with Crippen molar-refractivity contribution < 1.29 is 9.63 Å². The fourth-order valence-electron chi connectivity index (χ4n) is 2.60. The van der Waals surface area contributed by atoms with Gasteiger partial charge in [0.2, 0.25) is 5.76 Å². The molecule has 0 aromatic heterocycles. The van der Waals surface area contributed by atoms with Crippen molar-refractivity contribution in [3.8, 4) is 0 Å². The minimum atomic E-state index is -0.318. The van der Waals surface area contributed by atoms with Gasteiger partial charge >= 0.3 is 0 Å². The molecular weight excluding hydrogens is 314 g/mol. The van der Waals surface area contributed by atoms with Crippen LogP contribution in [-0.4, -0.2) is 18.7 Å². The number of carbonyl (C=O) groups excluding carboxylic acids is 1. The van der Waals surface area contributed by atoms with E-state index in [0.717, 1.165) is 30.4 Å². The molecule has 0 aliphatic heterocycles. The van der Waals surface area contributed by atoms with Crippen LogP contribution in [0.15, 0.2) is 41.3 Å². The fraction of sp³-hybridized carbons (Fsp3) is 0.294. The summed E-state index contributed by atoms with van der Waals surface area (Å²) >= 11 is 6.06. The van der Waals surface area contributed by atoms with Crippen LogP contribution >= 0.6 is 11.6 Å². The SMILES string of the molecule is C=NO/C(=C\C)C(=O)NC1C=C(c2cc(Cl)ccc2N)CCC1. The van der Waals surface area contributed by atoms with E-state index in [1.807, 2.05) is 12.1 Å². The van der Waals surface area contributed by atoms with Crippen LogP contribution in [0.3, 0.4) is 0 Å². The maximum Gasteiger partial charge on any atom is 0.289 e. The summed E-state index contributed by atoms with van der Waals surface area (Å²) in [6, 6.07) is 5.33. The molecule has 1 unspecified atom stereocenters. The van der Waals surface area contributed by atoms with Crippen molar-refractivity contribution in [3.05, 3.63) is 46.7 Å². The van der Waals surface area contributed by atoms with E-state index in [-0.39, 0.29) is 17.7 Å². The number of nitrogens with one attached hydrogen (secondary N) is 1. The molecule has 1 aliphatic carbocycles. The summed E-state index contributed by atoms with van der Waals surface area (Å²) in [5.41, 5.74) is 8.73. The number of anilines is 1. The Labute approximate surface area is 140 Å². The summed E-state index contributed by atoms with van der Waals surface area (Å²) in [7, 11) is 0. The molecule has 1 aromatic rings. The monoisotopic (exact) mass is 333 g/mol. The van der Waals surface area contributed by atoms with Gasteiger partial charge in [0.25, 0.3) is 5.91 Å². The summed E-state index contributed by atoms with van der Waals surface area (Å²) in [6.45, 7) is 4.92. The minimum Gasteiger partial charge on any atom is -0.398 e. The fourth-order valence-corrected chi connectivity index (χ4v) is 2.77. The molecule has 6 heteroatoms. The lowest BCUT2D eigenvalue weighted by Crippen LogP contribution is -2.36. The standard InChI is InChI=1S/C17H20ClN3O2/c1-3-16(23-20-2)17(22)21-13-6-4-5-11(9-13)14-10-12(18)7-8-15(14)19/h3,7-10,13H,2,4-6,19H2,1H3,(H,21,22)/b16-3-. The molecule has 1 amide bonds. The van der Waals surface area contributed by atoms with E-state index in [1.54, 1.807) is 25.1 Å². The first kappa shape index (κ1) is 17.1. The van der Waals surface area contributed by atoms with Crippen LogP contribution in [0.1, 0.15) is 31.7 Å². The van der Waals surface area contributed by atoms with Gasteiger partial charge in [0, 0.05) is 29.0 Å². The van der Waals surface area contributed by atoms with Crippen LogP contribution in [0, 0.1) is 0 Å². The van der Waals surface area contributed by atoms with Gasteiger partial charge < -0.3 is 15.9 Å². The Morgan fingerprint density at radius 1 is 1.57 bits per heavy atom. The number of nitrogens with zero attached hydrogens (tertiary/aromatic N) is 1. The van der Waals surface area contributed by atoms with Gasteiger partial charge in [-0.25, -0.2) is 0 Å². The molecule has 1 aliphatic rings. The predicted octanol–water partition coefficient (Wildman–Crippen LogP) is 3.51. The highest BCUT2D eigenvalue weighted by molar-refractivity contribution is 6.30. The summed E-state index contributed by atoms with van der Waals surface area (Å²) in [5, 5.41) is 6.84. The van der Waals surface area contributed by atoms with Gasteiger partial charge in [-0.2, -0.15) is 0 Å². The van der Waals surface area contributed by atoms with Crippen LogP contribution in [0.2, 0.25) is 5.02 Å². The quantitative estimate of drug-likeness (QED) is 0.284. The van der Waals surface area contributed by atoms with E-state index in [9.17, 15) is 4.79 Å². The van der Waals surface area contributed by atoms with E-state index in [2.05, 4.69) is 17.2 Å². The molecule has 0 saturated heterocycles. The molecule has 0 fully saturated rings. The molecule has 0 spiro atoms. The normalized spacial score (nSPS) is 18.1. The van der Waals surface area contributed by atoms with E-state index >= 15 is 0 Å². The van der Waals surface area contributed by atoms with E-state index < -0.39 is 0 Å². The number of oxime groups is 1. The van der Waals surface area contributed by atoms with E-state index in [4.69, 9.17) is 22.2 Å². The van der Waals surface area contributed by atoms with Crippen molar-refractivity contribution in [2.45, 2.75) is 32.2 Å². The van der Waals surface area contributed by atoms with Gasteiger partial charge in [-0.1, -0.05) is 22.8 Å². The molecule has 0 saturated carbocycles. The Balaban J connectivity index is 2.17. The number of hydrogen-bond acceptors (Lipinski definition) is 4. The topological polar surface area (TPSA) is 76.7 Å². The molecule has 5 nitrogen and oxygen atoms in total. The number of benzene rings is 1. The van der Waals surface area contributed by atoms with Crippen molar-refractivity contribution >= 4 is 35.5 Å². The predicted molar refractivity (Wildman–Crippen MR) is 94.0 cm³/mol. The number of carbonyl (C=O) groups is 1. The van der Waals surface area contributed by atoms with E-state index in [1.165, 1.54) is 0 Å². The van der Waals surface area contributed by atoms with Gasteiger partial charge in [-0.05, 0) is 56.0 Å². The number of nitrogens with two attached hydrogens (primary N) is 1. The first-order valence-electron chi connectivity index (χ1n) is 7.41. The van der Waals surface area contributed by atoms with Gasteiger partial charge in [-0.3, -0.25) is 4.79 Å². The minimum absolute atomic E-state index is 0.0898. The summed E-state index contributed by atoms with van der Waals surface area (Å²) in [6.07, 6.45) is 6.28. The maximum atomic E-state index is 12.1. The van der Waals surface area contributed by atoms with Gasteiger partial charge in [-0.15, -0.1) is 0 Å². The molecule has 1 aromatic carbocycles. The number of amides is 1. The molecule has 0 radical (unpaired) electrons. The van der Waals surface area contributed by atoms with Crippen molar-refractivity contribution in [2.75, 3.05) is 5.73 Å². The molecule has 0 bridgehead atoms. The zero-order valence-corrected chi connectivity index (χ0v) is 13.8. The van der Waals surface area contributed by atoms with Crippen LogP contribution < -0.4 is 11.1 Å². The Bertz CT molecular complexity index is 668. The molecular formula is C17H20ClN3O2. The average Bonchev–Trinajstić information content (AvgIpc) is 2.55. The van der Waals surface area contributed by atoms with Gasteiger partial charge in [0.15, 0.2) is 0 Å².